The van der Waals surface area contributed by atoms with Crippen LogP contribution in [0.5, 0.6) is 0 Å². The van der Waals surface area contributed by atoms with Crippen molar-refractivity contribution in [3.63, 3.8) is 0 Å². The number of halogens is 1. The normalized spacial score (nSPS) is 18.1. The number of fused-ring (bicyclic) bond motifs is 1. The summed E-state index contributed by atoms with van der Waals surface area (Å²) in [7, 11) is 0. The van der Waals surface area contributed by atoms with Gasteiger partial charge in [-0.2, -0.15) is 0 Å². The Morgan fingerprint density at radius 1 is 1.17 bits per heavy atom. The molecule has 4 rings (SSSR count). The molecule has 1 amide bonds. The first kappa shape index (κ1) is 15.4. The minimum atomic E-state index is -0.327. The number of aliphatic imine (C=N–C) groups is 1. The van der Waals surface area contributed by atoms with Crippen molar-refractivity contribution in [1.29, 1.82) is 0 Å². The number of nitrogens with one attached hydrogen (secondary N) is 2. The van der Waals surface area contributed by atoms with Gasteiger partial charge >= 0.3 is 5.91 Å². The molecule has 6 heteroatoms. The molecule has 0 saturated heterocycles. The second-order valence-corrected chi connectivity index (χ2v) is 7.19. The lowest BCUT2D eigenvalue weighted by atomic mass is 9.84. The molecule has 0 unspecified atom stereocenters. The van der Waals surface area contributed by atoms with E-state index >= 15 is 0 Å². The van der Waals surface area contributed by atoms with E-state index in [2.05, 4.69) is 38.9 Å². The summed E-state index contributed by atoms with van der Waals surface area (Å²) in [6, 6.07) is 11.6. The van der Waals surface area contributed by atoms with E-state index in [0.29, 0.717) is 4.67 Å². The number of benzene rings is 1. The van der Waals surface area contributed by atoms with E-state index in [1.165, 1.54) is 18.4 Å². The van der Waals surface area contributed by atoms with Crippen molar-refractivity contribution in [2.75, 3.05) is 0 Å². The summed E-state index contributed by atoms with van der Waals surface area (Å²) in [6.45, 7) is 0. The topological polar surface area (TPSA) is 66.6 Å². The Balaban J connectivity index is 1.57. The molecule has 1 spiro atoms. The Hall–Kier alpha value is -2.08. The minimum Gasteiger partial charge on any atom is -0.444 e. The van der Waals surface area contributed by atoms with Crippen LogP contribution in [0.3, 0.4) is 0 Å². The third kappa shape index (κ3) is 2.86. The second kappa shape index (κ2) is 6.09. The molecule has 2 N–H and O–H groups in total. The van der Waals surface area contributed by atoms with Gasteiger partial charge in [0.15, 0.2) is 10.4 Å². The van der Waals surface area contributed by atoms with Gasteiger partial charge in [-0.15, -0.1) is 0 Å². The number of carbonyl (C=O) groups excluding carboxylic acids is 1. The number of nitrogens with zero attached hydrogens (tertiary/aromatic N) is 1. The van der Waals surface area contributed by atoms with E-state index < -0.39 is 0 Å². The Bertz CT molecular complexity index is 806. The van der Waals surface area contributed by atoms with Gasteiger partial charge in [-0.1, -0.05) is 37.1 Å². The first-order valence-electron chi connectivity index (χ1n) is 8.15. The number of hydrazine groups is 1. The molecule has 2 heterocycles. The molecule has 1 aliphatic heterocycles. The van der Waals surface area contributed by atoms with Crippen LogP contribution in [0.25, 0.3) is 0 Å². The van der Waals surface area contributed by atoms with Crippen LogP contribution in [0.1, 0.15) is 47.4 Å². The molecular formula is C18H18BrN3O2. The fraction of sp³-hybridized carbons (Fsp3) is 0.333. The zero-order chi connectivity index (χ0) is 16.6. The molecule has 0 atom stereocenters. The van der Waals surface area contributed by atoms with Crippen molar-refractivity contribution in [2.24, 2.45) is 4.99 Å². The van der Waals surface area contributed by atoms with Crippen molar-refractivity contribution in [2.45, 2.75) is 37.6 Å². The van der Waals surface area contributed by atoms with Gasteiger partial charge in [-0.05, 0) is 52.9 Å². The zero-order valence-electron chi connectivity index (χ0n) is 13.1. The first-order valence-corrected chi connectivity index (χ1v) is 8.94. The highest BCUT2D eigenvalue weighted by atomic mass is 79.9. The number of hydrogen-bond acceptors (Lipinski definition) is 4. The van der Waals surface area contributed by atoms with Crippen LogP contribution in [-0.2, 0) is 6.42 Å². The minimum absolute atomic E-state index is 0.0187. The van der Waals surface area contributed by atoms with Crippen molar-refractivity contribution in [3.05, 3.63) is 58.0 Å². The third-order valence-electron chi connectivity index (χ3n) is 4.77. The van der Waals surface area contributed by atoms with Crippen molar-refractivity contribution >= 4 is 27.7 Å². The highest BCUT2D eigenvalue weighted by Crippen LogP contribution is 2.39. The Morgan fingerprint density at radius 3 is 2.71 bits per heavy atom. The Kier molecular flexibility index (Phi) is 3.92. The maximum absolute atomic E-state index is 12.2. The first-order chi connectivity index (χ1) is 11.7. The van der Waals surface area contributed by atoms with Gasteiger partial charge in [0, 0.05) is 5.56 Å². The standard InChI is InChI=1S/C18H18BrN3O2/c19-15-8-7-14(24-15)17(23)22-21-16-13-6-2-1-5-12(13)11-18(20-16)9-3-4-10-18/h1-2,5-8H,3-4,9-11H2,(H,20,21)(H,22,23). The maximum Gasteiger partial charge on any atom is 0.305 e. The van der Waals surface area contributed by atoms with Gasteiger partial charge in [0.1, 0.15) is 5.84 Å². The molecule has 1 saturated carbocycles. The molecule has 1 fully saturated rings. The molecule has 1 aromatic heterocycles. The van der Waals surface area contributed by atoms with Crippen LogP contribution < -0.4 is 10.9 Å². The van der Waals surface area contributed by atoms with Crippen LogP contribution in [0.2, 0.25) is 0 Å². The summed E-state index contributed by atoms with van der Waals surface area (Å²) >= 11 is 3.20. The number of furan rings is 1. The molecule has 1 aromatic carbocycles. The smallest absolute Gasteiger partial charge is 0.305 e. The molecular weight excluding hydrogens is 370 g/mol. The fourth-order valence-electron chi connectivity index (χ4n) is 3.63. The van der Waals surface area contributed by atoms with Crippen LogP contribution in [0.4, 0.5) is 0 Å². The number of carbonyl (C=O) groups is 1. The average molecular weight is 388 g/mol. The quantitative estimate of drug-likeness (QED) is 0.734. The molecule has 0 bridgehead atoms. The lowest BCUT2D eigenvalue weighted by molar-refractivity contribution is 0.0914. The van der Waals surface area contributed by atoms with Gasteiger partial charge in [0.2, 0.25) is 0 Å². The Labute approximate surface area is 148 Å². The van der Waals surface area contributed by atoms with Gasteiger partial charge < -0.3 is 4.42 Å². The lowest BCUT2D eigenvalue weighted by Gasteiger charge is -2.32. The van der Waals surface area contributed by atoms with Crippen LogP contribution in [0.15, 0.2) is 50.5 Å². The summed E-state index contributed by atoms with van der Waals surface area (Å²) < 4.78 is 5.80. The van der Waals surface area contributed by atoms with Gasteiger partial charge in [-0.25, -0.2) is 0 Å². The fourth-order valence-corrected chi connectivity index (χ4v) is 3.93. The summed E-state index contributed by atoms with van der Waals surface area (Å²) in [4.78, 5) is 17.2. The van der Waals surface area contributed by atoms with Gasteiger partial charge in [0.25, 0.3) is 0 Å². The van der Waals surface area contributed by atoms with Crippen LogP contribution in [-0.4, -0.2) is 17.3 Å². The van der Waals surface area contributed by atoms with E-state index in [9.17, 15) is 4.79 Å². The molecule has 1 aliphatic carbocycles. The number of rotatable bonds is 1. The highest BCUT2D eigenvalue weighted by molar-refractivity contribution is 9.10. The summed E-state index contributed by atoms with van der Waals surface area (Å²) in [6.07, 6.45) is 5.61. The lowest BCUT2D eigenvalue weighted by Crippen LogP contribution is -2.46. The monoisotopic (exact) mass is 387 g/mol. The summed E-state index contributed by atoms with van der Waals surface area (Å²) in [5.41, 5.74) is 8.02. The van der Waals surface area contributed by atoms with Crippen molar-refractivity contribution < 1.29 is 9.21 Å². The molecule has 24 heavy (non-hydrogen) atoms. The van der Waals surface area contributed by atoms with Crippen molar-refractivity contribution in [3.8, 4) is 0 Å². The van der Waals surface area contributed by atoms with E-state index in [4.69, 9.17) is 9.41 Å². The molecule has 124 valence electrons. The highest BCUT2D eigenvalue weighted by Gasteiger charge is 2.37. The van der Waals surface area contributed by atoms with E-state index in [1.807, 2.05) is 12.1 Å². The molecule has 2 aliphatic rings. The maximum atomic E-state index is 12.2. The van der Waals surface area contributed by atoms with Crippen LogP contribution >= 0.6 is 15.9 Å². The molecule has 5 nitrogen and oxygen atoms in total. The Morgan fingerprint density at radius 2 is 1.96 bits per heavy atom. The van der Waals surface area contributed by atoms with E-state index in [0.717, 1.165) is 30.7 Å². The summed E-state index contributed by atoms with van der Waals surface area (Å²) in [5.74, 6) is 0.652. The van der Waals surface area contributed by atoms with E-state index in [1.54, 1.807) is 12.1 Å². The zero-order valence-corrected chi connectivity index (χ0v) is 14.7. The SMILES string of the molecule is O=C(NNC1=NC2(CCCC2)Cc2ccccc21)c1ccc(Br)o1. The molecule has 0 radical (unpaired) electrons. The summed E-state index contributed by atoms with van der Waals surface area (Å²) in [5, 5.41) is 0. The number of amides is 1. The predicted molar refractivity (Wildman–Crippen MR) is 94.9 cm³/mol. The van der Waals surface area contributed by atoms with Gasteiger partial charge in [0.05, 0.1) is 5.54 Å². The van der Waals surface area contributed by atoms with Crippen molar-refractivity contribution in [1.82, 2.24) is 10.9 Å². The van der Waals surface area contributed by atoms with Gasteiger partial charge in [-0.3, -0.25) is 20.6 Å². The van der Waals surface area contributed by atoms with E-state index in [-0.39, 0.29) is 17.2 Å². The second-order valence-electron chi connectivity index (χ2n) is 6.41. The van der Waals surface area contributed by atoms with Crippen LogP contribution in [0, 0.1) is 0 Å². The number of hydrogen-bond donors (Lipinski definition) is 2. The molecule has 2 aromatic rings. The third-order valence-corrected chi connectivity index (χ3v) is 5.19. The largest absolute Gasteiger partial charge is 0.444 e. The average Bonchev–Trinajstić information content (AvgIpc) is 3.21. The predicted octanol–water partition coefficient (Wildman–Crippen LogP) is 3.59. The number of amidine groups is 1.